The number of carboxylic acids is 1. The van der Waals surface area contributed by atoms with Gasteiger partial charge in [0, 0.05) is 11.6 Å². The van der Waals surface area contributed by atoms with Gasteiger partial charge in [-0.25, -0.2) is 14.8 Å². The van der Waals surface area contributed by atoms with Crippen LogP contribution in [-0.2, 0) is 0 Å². The van der Waals surface area contributed by atoms with Crippen LogP contribution in [0, 0.1) is 16.0 Å². The van der Waals surface area contributed by atoms with Crippen molar-refractivity contribution in [1.29, 1.82) is 0 Å². The van der Waals surface area contributed by atoms with Crippen LogP contribution in [0.4, 0.5) is 5.69 Å². The molecule has 0 radical (unpaired) electrons. The predicted molar refractivity (Wildman–Crippen MR) is 88.7 cm³/mol. The number of hydrogen-bond acceptors (Lipinski definition) is 7. The lowest BCUT2D eigenvalue weighted by Gasteiger charge is -2.10. The summed E-state index contributed by atoms with van der Waals surface area (Å²) in [5, 5.41) is 20.3. The highest BCUT2D eigenvalue weighted by Gasteiger charge is 2.19. The summed E-state index contributed by atoms with van der Waals surface area (Å²) in [6, 6.07) is 5.56. The Labute approximate surface area is 143 Å². The van der Waals surface area contributed by atoms with Crippen LogP contribution in [0.3, 0.4) is 0 Å². The summed E-state index contributed by atoms with van der Waals surface area (Å²) in [6.45, 7) is 4.21. The molecule has 1 aromatic heterocycles. The molecule has 2 aromatic rings. The van der Waals surface area contributed by atoms with Crippen molar-refractivity contribution in [3.8, 4) is 17.0 Å². The Balaban J connectivity index is 2.47. The fraction of sp³-hybridized carbons (Fsp3) is 0.267. The summed E-state index contributed by atoms with van der Waals surface area (Å²) in [7, 11) is 0. The van der Waals surface area contributed by atoms with E-state index in [0.29, 0.717) is 12.2 Å². The van der Waals surface area contributed by atoms with Crippen LogP contribution < -0.4 is 4.74 Å². The zero-order chi connectivity index (χ0) is 17.9. The van der Waals surface area contributed by atoms with Crippen LogP contribution in [-0.4, -0.2) is 32.6 Å². The maximum absolute atomic E-state index is 11.3. The summed E-state index contributed by atoms with van der Waals surface area (Å²) in [5.41, 5.74) is 0.141. The molecule has 1 heterocycles. The smallest absolute Gasteiger partial charge is 0.354 e. The monoisotopic (exact) mass is 349 g/mol. The lowest BCUT2D eigenvalue weighted by atomic mass is 10.1. The maximum Gasteiger partial charge on any atom is 0.354 e. The van der Waals surface area contributed by atoms with E-state index in [4.69, 9.17) is 9.84 Å². The van der Waals surface area contributed by atoms with Crippen molar-refractivity contribution >= 4 is 24.3 Å². The number of carboxylic acid groups (broad SMARTS) is 1. The van der Waals surface area contributed by atoms with E-state index in [2.05, 4.69) is 22.6 Å². The average molecular weight is 349 g/mol. The van der Waals surface area contributed by atoms with Gasteiger partial charge in [0.15, 0.2) is 16.6 Å². The zero-order valence-corrected chi connectivity index (χ0v) is 13.9. The fourth-order valence-corrected chi connectivity index (χ4v) is 2.11. The number of nitro benzene ring substituents is 1. The fourth-order valence-electron chi connectivity index (χ4n) is 1.89. The van der Waals surface area contributed by atoms with Gasteiger partial charge in [0.05, 0.1) is 17.2 Å². The second kappa shape index (κ2) is 7.26. The number of ether oxygens (including phenoxy) is 1. The first-order valence-electron chi connectivity index (χ1n) is 7.01. The van der Waals surface area contributed by atoms with Gasteiger partial charge in [-0.05, 0) is 24.1 Å². The quantitative estimate of drug-likeness (QED) is 0.356. The molecule has 24 heavy (non-hydrogen) atoms. The Morgan fingerprint density at radius 3 is 2.67 bits per heavy atom. The van der Waals surface area contributed by atoms with Gasteiger partial charge < -0.3 is 9.84 Å². The second-order valence-corrected chi connectivity index (χ2v) is 5.79. The number of nitrogens with zero attached hydrogens (tertiary/aromatic N) is 3. The zero-order valence-electron chi connectivity index (χ0n) is 13.0. The molecule has 0 fully saturated rings. The standard InChI is InChI=1S/C15H15N3O5S/c1-8(2)7-23-13-4-3-9(5-12(13)18(21)22)10-6-11(14(19)20)17-15(24)16-10/h3-6,8H,7H2,1-2H3,(H,19,20)(H,16,17,24). The number of carbonyl (C=O) groups is 1. The lowest BCUT2D eigenvalue weighted by Crippen LogP contribution is -2.06. The molecule has 126 valence electrons. The lowest BCUT2D eigenvalue weighted by molar-refractivity contribution is -0.385. The SMILES string of the molecule is CC(C)COc1ccc(-c2cc(C(=O)O)nc(S)n2)cc1[N+](=O)[O-]. The summed E-state index contributed by atoms with van der Waals surface area (Å²) in [4.78, 5) is 29.5. The molecule has 2 rings (SSSR count). The highest BCUT2D eigenvalue weighted by Crippen LogP contribution is 2.32. The van der Waals surface area contributed by atoms with Crippen LogP contribution >= 0.6 is 12.6 Å². The van der Waals surface area contributed by atoms with Gasteiger partial charge in [0.25, 0.3) is 0 Å². The largest absolute Gasteiger partial charge is 0.487 e. The highest BCUT2D eigenvalue weighted by molar-refractivity contribution is 7.80. The van der Waals surface area contributed by atoms with Gasteiger partial charge in [-0.3, -0.25) is 10.1 Å². The van der Waals surface area contributed by atoms with Gasteiger partial charge in [0.2, 0.25) is 0 Å². The molecular formula is C15H15N3O5S. The number of thiol groups is 1. The highest BCUT2D eigenvalue weighted by atomic mass is 32.1. The van der Waals surface area contributed by atoms with Crippen molar-refractivity contribution in [1.82, 2.24) is 9.97 Å². The van der Waals surface area contributed by atoms with Crippen molar-refractivity contribution in [3.63, 3.8) is 0 Å². The maximum atomic E-state index is 11.3. The third kappa shape index (κ3) is 4.19. The molecule has 0 bridgehead atoms. The molecule has 1 N–H and O–H groups in total. The van der Waals surface area contributed by atoms with E-state index in [1.165, 1.54) is 18.2 Å². The summed E-state index contributed by atoms with van der Waals surface area (Å²) >= 11 is 3.97. The number of hydrogen-bond donors (Lipinski definition) is 2. The number of aromatic nitrogens is 2. The van der Waals surface area contributed by atoms with Crippen LogP contribution in [0.15, 0.2) is 29.4 Å². The molecule has 0 amide bonds. The third-order valence-electron chi connectivity index (χ3n) is 2.96. The Morgan fingerprint density at radius 2 is 2.08 bits per heavy atom. The van der Waals surface area contributed by atoms with E-state index in [1.807, 2.05) is 13.8 Å². The van der Waals surface area contributed by atoms with Crippen LogP contribution in [0.5, 0.6) is 5.75 Å². The van der Waals surface area contributed by atoms with Crippen LogP contribution in [0.1, 0.15) is 24.3 Å². The van der Waals surface area contributed by atoms with Crippen LogP contribution in [0.25, 0.3) is 11.3 Å². The number of aromatic carboxylic acids is 1. The minimum atomic E-state index is -1.24. The molecule has 0 aliphatic carbocycles. The van der Waals surface area contributed by atoms with E-state index >= 15 is 0 Å². The van der Waals surface area contributed by atoms with Crippen molar-refractivity contribution in [2.24, 2.45) is 5.92 Å². The van der Waals surface area contributed by atoms with Crippen molar-refractivity contribution in [3.05, 3.63) is 40.1 Å². The molecule has 8 nitrogen and oxygen atoms in total. The number of nitro groups is 1. The number of benzene rings is 1. The predicted octanol–water partition coefficient (Wildman–Crippen LogP) is 3.07. The first kappa shape index (κ1) is 17.7. The van der Waals surface area contributed by atoms with E-state index in [0.717, 1.165) is 0 Å². The molecule has 0 aliphatic rings. The molecule has 0 aliphatic heterocycles. The molecule has 0 saturated carbocycles. The van der Waals surface area contributed by atoms with Gasteiger partial charge in [-0.1, -0.05) is 13.8 Å². The first-order valence-corrected chi connectivity index (χ1v) is 7.45. The van der Waals surface area contributed by atoms with Crippen molar-refractivity contribution in [2.75, 3.05) is 6.61 Å². The van der Waals surface area contributed by atoms with Crippen LogP contribution in [0.2, 0.25) is 0 Å². The van der Waals surface area contributed by atoms with Gasteiger partial charge >= 0.3 is 11.7 Å². The molecule has 0 unspecified atom stereocenters. The Morgan fingerprint density at radius 1 is 1.38 bits per heavy atom. The van der Waals surface area contributed by atoms with Crippen molar-refractivity contribution in [2.45, 2.75) is 19.0 Å². The minimum absolute atomic E-state index is 0.0345. The third-order valence-corrected chi connectivity index (χ3v) is 3.16. The van der Waals surface area contributed by atoms with E-state index in [-0.39, 0.29) is 33.9 Å². The summed E-state index contributed by atoms with van der Waals surface area (Å²) in [5.74, 6) is -0.868. The van der Waals surface area contributed by atoms with Gasteiger partial charge in [-0.15, -0.1) is 12.6 Å². The molecular weight excluding hydrogens is 334 g/mol. The number of rotatable bonds is 6. The molecule has 1 aromatic carbocycles. The molecule has 0 spiro atoms. The Hall–Kier alpha value is -2.68. The first-order chi connectivity index (χ1) is 11.3. The topological polar surface area (TPSA) is 115 Å². The Bertz CT molecular complexity index is 795. The Kier molecular flexibility index (Phi) is 5.35. The second-order valence-electron chi connectivity index (χ2n) is 5.39. The molecule has 9 heteroatoms. The van der Waals surface area contributed by atoms with E-state index < -0.39 is 10.9 Å². The van der Waals surface area contributed by atoms with Gasteiger partial charge in [-0.2, -0.15) is 0 Å². The van der Waals surface area contributed by atoms with E-state index in [9.17, 15) is 14.9 Å². The van der Waals surface area contributed by atoms with Crippen molar-refractivity contribution < 1.29 is 19.6 Å². The van der Waals surface area contributed by atoms with Gasteiger partial charge in [0.1, 0.15) is 0 Å². The average Bonchev–Trinajstić information content (AvgIpc) is 2.51. The normalized spacial score (nSPS) is 10.7. The summed E-state index contributed by atoms with van der Waals surface area (Å²) in [6.07, 6.45) is 0. The summed E-state index contributed by atoms with van der Waals surface area (Å²) < 4.78 is 5.45. The van der Waals surface area contributed by atoms with E-state index in [1.54, 1.807) is 6.07 Å². The molecule has 0 atom stereocenters. The molecule has 0 saturated heterocycles. The minimum Gasteiger partial charge on any atom is -0.487 e.